The zero-order valence-electron chi connectivity index (χ0n) is 18.5. The van der Waals surface area contributed by atoms with Crippen LogP contribution in [0, 0.1) is 5.41 Å². The van der Waals surface area contributed by atoms with Crippen LogP contribution in [-0.4, -0.2) is 32.6 Å². The predicted octanol–water partition coefficient (Wildman–Crippen LogP) is 5.30. The van der Waals surface area contributed by atoms with Gasteiger partial charge in [-0.05, 0) is 49.1 Å². The first kappa shape index (κ1) is 23.6. The Labute approximate surface area is 191 Å². The molecule has 0 aliphatic carbocycles. The van der Waals surface area contributed by atoms with Crippen molar-refractivity contribution in [3.8, 4) is 28.8 Å². The van der Waals surface area contributed by atoms with Crippen LogP contribution in [0.1, 0.15) is 44.7 Å². The van der Waals surface area contributed by atoms with E-state index in [0.29, 0.717) is 22.3 Å². The van der Waals surface area contributed by atoms with Gasteiger partial charge >= 0.3 is 6.01 Å². The molecule has 32 heavy (non-hydrogen) atoms. The van der Waals surface area contributed by atoms with E-state index in [9.17, 15) is 14.3 Å². The highest BCUT2D eigenvalue weighted by Gasteiger charge is 2.27. The summed E-state index contributed by atoms with van der Waals surface area (Å²) in [6.45, 7) is 6.70. The highest BCUT2D eigenvalue weighted by molar-refractivity contribution is 6.33. The van der Waals surface area contributed by atoms with Crippen molar-refractivity contribution < 1.29 is 14.3 Å². The van der Waals surface area contributed by atoms with Gasteiger partial charge in [-0.1, -0.05) is 49.7 Å². The third-order valence-electron chi connectivity index (χ3n) is 5.11. The van der Waals surface area contributed by atoms with E-state index < -0.39 is 18.1 Å². The molecule has 2 N–H and O–H groups in total. The molecular formula is C24H26ClFN4O2. The lowest BCUT2D eigenvalue weighted by Gasteiger charge is -2.19. The average molecular weight is 457 g/mol. The molecule has 0 radical (unpaired) electrons. The van der Waals surface area contributed by atoms with E-state index in [1.54, 1.807) is 32.0 Å². The van der Waals surface area contributed by atoms with Gasteiger partial charge in [-0.15, -0.1) is 0 Å². The Morgan fingerprint density at radius 2 is 1.84 bits per heavy atom. The summed E-state index contributed by atoms with van der Waals surface area (Å²) in [5, 5.41) is 13.3. The molecule has 0 bridgehead atoms. The van der Waals surface area contributed by atoms with Gasteiger partial charge in [-0.25, -0.2) is 9.37 Å². The SMILES string of the molecule is CC(C)c1cccc(-c2nc(O)nc(-c3cc(CNC(=O)C(C)(C)CF)ccc3Cl)n2)c1. The molecular weight excluding hydrogens is 431 g/mol. The van der Waals surface area contributed by atoms with Crippen LogP contribution < -0.4 is 5.32 Å². The fourth-order valence-corrected chi connectivity index (χ4v) is 3.19. The molecule has 3 aromatic rings. The maximum absolute atomic E-state index is 13.0. The fraction of sp³-hybridized carbons (Fsp3) is 0.333. The summed E-state index contributed by atoms with van der Waals surface area (Å²) in [5.41, 5.74) is 1.99. The van der Waals surface area contributed by atoms with E-state index in [1.807, 2.05) is 24.3 Å². The molecule has 0 atom stereocenters. The minimum atomic E-state index is -1.10. The van der Waals surface area contributed by atoms with Crippen LogP contribution in [0.5, 0.6) is 6.01 Å². The first-order valence-electron chi connectivity index (χ1n) is 10.3. The highest BCUT2D eigenvalue weighted by atomic mass is 35.5. The van der Waals surface area contributed by atoms with E-state index >= 15 is 0 Å². The Balaban J connectivity index is 1.94. The van der Waals surface area contributed by atoms with Crippen LogP contribution in [0.2, 0.25) is 5.02 Å². The van der Waals surface area contributed by atoms with Crippen LogP contribution in [0.25, 0.3) is 22.8 Å². The summed E-state index contributed by atoms with van der Waals surface area (Å²) in [6, 6.07) is 12.5. The van der Waals surface area contributed by atoms with Gasteiger partial charge in [-0.3, -0.25) is 4.79 Å². The molecule has 2 aromatic carbocycles. The molecule has 0 aliphatic heterocycles. The third-order valence-corrected chi connectivity index (χ3v) is 5.44. The van der Waals surface area contributed by atoms with Crippen molar-refractivity contribution in [2.24, 2.45) is 5.41 Å². The number of halogens is 2. The predicted molar refractivity (Wildman–Crippen MR) is 123 cm³/mol. The molecule has 0 spiro atoms. The summed E-state index contributed by atoms with van der Waals surface area (Å²) in [6.07, 6.45) is 0. The molecule has 0 saturated heterocycles. The van der Waals surface area contributed by atoms with Crippen molar-refractivity contribution in [2.45, 2.75) is 40.2 Å². The molecule has 1 aromatic heterocycles. The lowest BCUT2D eigenvalue weighted by atomic mass is 9.94. The lowest BCUT2D eigenvalue weighted by Crippen LogP contribution is -2.37. The van der Waals surface area contributed by atoms with Gasteiger partial charge in [-0.2, -0.15) is 9.97 Å². The van der Waals surface area contributed by atoms with Crippen molar-refractivity contribution >= 4 is 17.5 Å². The van der Waals surface area contributed by atoms with Crippen LogP contribution in [-0.2, 0) is 11.3 Å². The van der Waals surface area contributed by atoms with Gasteiger partial charge in [0.2, 0.25) is 5.91 Å². The van der Waals surface area contributed by atoms with Gasteiger partial charge in [0.1, 0.15) is 6.67 Å². The number of hydrogen-bond acceptors (Lipinski definition) is 5. The van der Waals surface area contributed by atoms with Crippen molar-refractivity contribution in [2.75, 3.05) is 6.67 Å². The maximum Gasteiger partial charge on any atom is 0.318 e. The molecule has 0 fully saturated rings. The summed E-state index contributed by atoms with van der Waals surface area (Å²) in [4.78, 5) is 24.8. The van der Waals surface area contributed by atoms with E-state index in [0.717, 1.165) is 16.7 Å². The van der Waals surface area contributed by atoms with Gasteiger partial charge in [0.05, 0.1) is 10.4 Å². The van der Waals surface area contributed by atoms with Crippen LogP contribution in [0.4, 0.5) is 4.39 Å². The minimum Gasteiger partial charge on any atom is -0.479 e. The zero-order chi connectivity index (χ0) is 23.5. The number of carbonyl (C=O) groups excluding carboxylic acids is 1. The molecule has 1 amide bonds. The van der Waals surface area contributed by atoms with Gasteiger partial charge in [0.25, 0.3) is 0 Å². The first-order chi connectivity index (χ1) is 15.1. The van der Waals surface area contributed by atoms with Crippen molar-refractivity contribution in [1.29, 1.82) is 0 Å². The molecule has 0 saturated carbocycles. The molecule has 6 nitrogen and oxygen atoms in total. The monoisotopic (exact) mass is 456 g/mol. The second-order valence-electron chi connectivity index (χ2n) is 8.58. The summed E-state index contributed by atoms with van der Waals surface area (Å²) < 4.78 is 13.0. The number of nitrogens with zero attached hydrogens (tertiary/aromatic N) is 3. The number of nitrogens with one attached hydrogen (secondary N) is 1. The van der Waals surface area contributed by atoms with Gasteiger partial charge in [0, 0.05) is 17.7 Å². The number of aromatic nitrogens is 3. The van der Waals surface area contributed by atoms with Gasteiger partial charge in [0.15, 0.2) is 11.6 Å². The number of rotatable bonds is 7. The quantitative estimate of drug-likeness (QED) is 0.503. The molecule has 8 heteroatoms. The van der Waals surface area contributed by atoms with Crippen LogP contribution in [0.15, 0.2) is 42.5 Å². The minimum absolute atomic E-state index is 0.187. The maximum atomic E-state index is 13.0. The smallest absolute Gasteiger partial charge is 0.318 e. The van der Waals surface area contributed by atoms with Crippen LogP contribution >= 0.6 is 11.6 Å². The Morgan fingerprint density at radius 3 is 2.53 bits per heavy atom. The zero-order valence-corrected chi connectivity index (χ0v) is 19.2. The Morgan fingerprint density at radius 1 is 1.12 bits per heavy atom. The van der Waals surface area contributed by atoms with Crippen molar-refractivity contribution in [3.05, 3.63) is 58.6 Å². The standard InChI is InChI=1S/C24H26ClFN4O2/c1-14(2)16-6-5-7-17(11-16)20-28-21(30-23(32)29-20)18-10-15(8-9-19(18)25)12-27-22(31)24(3,4)13-26/h5-11,14H,12-13H2,1-4H3,(H,27,31)(H,28,29,30,32). The van der Waals surface area contributed by atoms with Crippen LogP contribution in [0.3, 0.4) is 0 Å². The number of hydrogen-bond donors (Lipinski definition) is 2. The Bertz CT molecular complexity index is 1130. The molecule has 1 heterocycles. The van der Waals surface area contributed by atoms with E-state index in [2.05, 4.69) is 34.1 Å². The van der Waals surface area contributed by atoms with Crippen molar-refractivity contribution in [1.82, 2.24) is 20.3 Å². The largest absolute Gasteiger partial charge is 0.479 e. The molecule has 3 rings (SSSR count). The topological polar surface area (TPSA) is 88.0 Å². The van der Waals surface area contributed by atoms with E-state index in [-0.39, 0.29) is 18.3 Å². The summed E-state index contributed by atoms with van der Waals surface area (Å²) >= 11 is 6.39. The summed E-state index contributed by atoms with van der Waals surface area (Å²) in [5.74, 6) is 0.481. The normalized spacial score (nSPS) is 11.6. The fourth-order valence-electron chi connectivity index (χ4n) is 2.99. The number of aromatic hydroxyl groups is 1. The second kappa shape index (κ2) is 9.61. The number of alkyl halides is 1. The Kier molecular flexibility index (Phi) is 7.09. The van der Waals surface area contributed by atoms with Gasteiger partial charge < -0.3 is 10.4 Å². The highest BCUT2D eigenvalue weighted by Crippen LogP contribution is 2.30. The Hall–Kier alpha value is -3.06. The lowest BCUT2D eigenvalue weighted by molar-refractivity contribution is -0.130. The number of amides is 1. The first-order valence-corrected chi connectivity index (χ1v) is 10.7. The second-order valence-corrected chi connectivity index (χ2v) is 8.98. The van der Waals surface area contributed by atoms with Crippen molar-refractivity contribution in [3.63, 3.8) is 0 Å². The van der Waals surface area contributed by atoms with E-state index in [4.69, 9.17) is 11.6 Å². The average Bonchev–Trinajstić information content (AvgIpc) is 2.77. The van der Waals surface area contributed by atoms with E-state index in [1.165, 1.54) is 0 Å². The molecule has 0 unspecified atom stereocenters. The molecule has 0 aliphatic rings. The molecule has 168 valence electrons. The third kappa shape index (κ3) is 5.40. The number of carbonyl (C=O) groups is 1. The number of benzene rings is 2. The summed E-state index contributed by atoms with van der Waals surface area (Å²) in [7, 11) is 0.